The highest BCUT2D eigenvalue weighted by Crippen LogP contribution is 2.24. The lowest BCUT2D eigenvalue weighted by atomic mass is 10.1. The van der Waals surface area contributed by atoms with Gasteiger partial charge < -0.3 is 15.7 Å². The number of aliphatic hydroxyl groups is 1. The van der Waals surface area contributed by atoms with Crippen molar-refractivity contribution in [2.45, 2.75) is 51.0 Å². The van der Waals surface area contributed by atoms with Crippen LogP contribution in [0, 0.1) is 0 Å². The van der Waals surface area contributed by atoms with Crippen molar-refractivity contribution >= 4 is 11.7 Å². The standard InChI is InChI=1S/C19H29N3O2/c23-14-18-7-4-12-22(18)11-2-1-10-20-19(24)21-17-9-8-15-5-3-6-16(15)13-17/h8-9,13,18,23H,1-7,10-12,14H2,(H2,20,21,24). The average molecular weight is 331 g/mol. The first-order valence-electron chi connectivity index (χ1n) is 9.28. The molecule has 1 aliphatic carbocycles. The van der Waals surface area contributed by atoms with Gasteiger partial charge in [0.1, 0.15) is 0 Å². The molecule has 1 fully saturated rings. The molecule has 0 saturated carbocycles. The Hall–Kier alpha value is -1.59. The molecule has 2 amide bonds. The lowest BCUT2D eigenvalue weighted by Crippen LogP contribution is -2.34. The van der Waals surface area contributed by atoms with E-state index in [9.17, 15) is 9.90 Å². The number of nitrogens with zero attached hydrogens (tertiary/aromatic N) is 1. The lowest BCUT2D eigenvalue weighted by molar-refractivity contribution is 0.157. The molecule has 5 heteroatoms. The van der Waals surface area contributed by atoms with Gasteiger partial charge in [0.2, 0.25) is 0 Å². The average Bonchev–Trinajstić information content (AvgIpc) is 3.22. The molecular formula is C19H29N3O2. The number of hydrogen-bond acceptors (Lipinski definition) is 3. The largest absolute Gasteiger partial charge is 0.395 e. The molecule has 1 heterocycles. The van der Waals surface area contributed by atoms with Crippen molar-refractivity contribution in [3.8, 4) is 0 Å². The number of likely N-dealkylation sites (tertiary alicyclic amines) is 1. The maximum Gasteiger partial charge on any atom is 0.319 e. The molecular weight excluding hydrogens is 302 g/mol. The number of hydrogen-bond donors (Lipinski definition) is 3. The van der Waals surface area contributed by atoms with Gasteiger partial charge in [0.05, 0.1) is 6.61 Å². The van der Waals surface area contributed by atoms with Crippen molar-refractivity contribution in [2.75, 3.05) is 31.6 Å². The first-order valence-corrected chi connectivity index (χ1v) is 9.28. The maximum atomic E-state index is 12.0. The van der Waals surface area contributed by atoms with Gasteiger partial charge >= 0.3 is 6.03 Å². The number of aliphatic hydroxyl groups excluding tert-OH is 1. The van der Waals surface area contributed by atoms with Gasteiger partial charge in [-0.1, -0.05) is 6.07 Å². The van der Waals surface area contributed by atoms with Crippen LogP contribution in [0.4, 0.5) is 10.5 Å². The van der Waals surface area contributed by atoms with Crippen LogP contribution in [-0.4, -0.2) is 48.3 Å². The number of carbonyl (C=O) groups is 1. The summed E-state index contributed by atoms with van der Waals surface area (Å²) in [5, 5.41) is 15.2. The molecule has 24 heavy (non-hydrogen) atoms. The van der Waals surface area contributed by atoms with E-state index in [-0.39, 0.29) is 12.6 Å². The Morgan fingerprint density at radius 1 is 1.21 bits per heavy atom. The monoisotopic (exact) mass is 331 g/mol. The number of anilines is 1. The zero-order valence-corrected chi connectivity index (χ0v) is 14.4. The molecule has 3 N–H and O–H groups in total. The van der Waals surface area contributed by atoms with E-state index < -0.39 is 0 Å². The van der Waals surface area contributed by atoms with Crippen LogP contribution in [0.3, 0.4) is 0 Å². The third-order valence-electron chi connectivity index (χ3n) is 5.22. The fraction of sp³-hybridized carbons (Fsp3) is 0.632. The molecule has 1 aliphatic heterocycles. The van der Waals surface area contributed by atoms with Crippen LogP contribution in [0.1, 0.15) is 43.2 Å². The third kappa shape index (κ3) is 4.48. The van der Waals surface area contributed by atoms with E-state index in [1.807, 2.05) is 6.07 Å². The van der Waals surface area contributed by atoms with Crippen LogP contribution in [0.5, 0.6) is 0 Å². The molecule has 2 aliphatic rings. The Labute approximate surface area is 144 Å². The van der Waals surface area contributed by atoms with Crippen LogP contribution in [0.15, 0.2) is 18.2 Å². The van der Waals surface area contributed by atoms with Gasteiger partial charge in [-0.2, -0.15) is 0 Å². The van der Waals surface area contributed by atoms with Crippen LogP contribution >= 0.6 is 0 Å². The summed E-state index contributed by atoms with van der Waals surface area (Å²) in [7, 11) is 0. The zero-order valence-electron chi connectivity index (χ0n) is 14.4. The summed E-state index contributed by atoms with van der Waals surface area (Å²) in [5.74, 6) is 0. The smallest absolute Gasteiger partial charge is 0.319 e. The molecule has 1 aromatic rings. The number of fused-ring (bicyclic) bond motifs is 1. The highest BCUT2D eigenvalue weighted by Gasteiger charge is 2.22. The van der Waals surface area contributed by atoms with Crippen LogP contribution in [0.2, 0.25) is 0 Å². The summed E-state index contributed by atoms with van der Waals surface area (Å²) in [4.78, 5) is 14.3. The zero-order chi connectivity index (χ0) is 16.8. The van der Waals surface area contributed by atoms with E-state index in [4.69, 9.17) is 0 Å². The quantitative estimate of drug-likeness (QED) is 0.673. The second kappa shape index (κ2) is 8.49. The van der Waals surface area contributed by atoms with E-state index in [1.54, 1.807) is 0 Å². The molecule has 0 spiro atoms. The van der Waals surface area contributed by atoms with Crippen molar-refractivity contribution in [1.82, 2.24) is 10.2 Å². The van der Waals surface area contributed by atoms with Crippen LogP contribution in [0.25, 0.3) is 0 Å². The number of unbranched alkanes of at least 4 members (excludes halogenated alkanes) is 1. The SMILES string of the molecule is O=C(NCCCCN1CCCC1CO)Nc1ccc2c(c1)CCC2. The van der Waals surface area contributed by atoms with Crippen molar-refractivity contribution in [3.63, 3.8) is 0 Å². The minimum Gasteiger partial charge on any atom is -0.395 e. The van der Waals surface area contributed by atoms with Crippen LogP contribution in [-0.2, 0) is 12.8 Å². The Balaban J connectivity index is 1.31. The number of urea groups is 1. The van der Waals surface area contributed by atoms with Gasteiger partial charge in [0.15, 0.2) is 0 Å². The summed E-state index contributed by atoms with van der Waals surface area (Å²) >= 11 is 0. The second-order valence-corrected chi connectivity index (χ2v) is 6.94. The van der Waals surface area contributed by atoms with E-state index >= 15 is 0 Å². The lowest BCUT2D eigenvalue weighted by Gasteiger charge is -2.22. The normalized spacial score (nSPS) is 20.1. The van der Waals surface area contributed by atoms with Gasteiger partial charge in [-0.3, -0.25) is 4.90 Å². The maximum absolute atomic E-state index is 12.0. The van der Waals surface area contributed by atoms with Gasteiger partial charge in [-0.15, -0.1) is 0 Å². The van der Waals surface area contributed by atoms with Crippen molar-refractivity contribution in [1.29, 1.82) is 0 Å². The Kier molecular flexibility index (Phi) is 6.10. The molecule has 5 nitrogen and oxygen atoms in total. The highest BCUT2D eigenvalue weighted by molar-refractivity contribution is 5.89. The molecule has 0 aromatic heterocycles. The molecule has 132 valence electrons. The number of amides is 2. The first kappa shape index (κ1) is 17.2. The summed E-state index contributed by atoms with van der Waals surface area (Å²) in [6.45, 7) is 3.06. The van der Waals surface area contributed by atoms with Gasteiger partial charge in [-0.25, -0.2) is 4.79 Å². The van der Waals surface area contributed by atoms with Gasteiger partial charge in [-0.05, 0) is 81.3 Å². The summed E-state index contributed by atoms with van der Waals surface area (Å²) in [6.07, 6.45) is 7.82. The fourth-order valence-corrected chi connectivity index (χ4v) is 3.86. The topological polar surface area (TPSA) is 64.6 Å². The number of rotatable bonds is 7. The van der Waals surface area contributed by atoms with E-state index in [0.29, 0.717) is 12.6 Å². The number of benzene rings is 1. The summed E-state index contributed by atoms with van der Waals surface area (Å²) < 4.78 is 0. The van der Waals surface area contributed by atoms with Gasteiger partial charge in [0, 0.05) is 18.3 Å². The molecule has 0 radical (unpaired) electrons. The van der Waals surface area contributed by atoms with Crippen molar-refractivity contribution < 1.29 is 9.90 Å². The Morgan fingerprint density at radius 3 is 2.96 bits per heavy atom. The first-order chi connectivity index (χ1) is 11.8. The molecule has 3 rings (SSSR count). The van der Waals surface area contributed by atoms with Crippen molar-refractivity contribution in [2.24, 2.45) is 0 Å². The number of nitrogens with one attached hydrogen (secondary N) is 2. The Morgan fingerprint density at radius 2 is 2.08 bits per heavy atom. The molecule has 1 saturated heterocycles. The van der Waals surface area contributed by atoms with E-state index in [2.05, 4.69) is 27.7 Å². The fourth-order valence-electron chi connectivity index (χ4n) is 3.86. The molecule has 0 bridgehead atoms. The minimum atomic E-state index is -0.123. The minimum absolute atomic E-state index is 0.123. The van der Waals surface area contributed by atoms with Crippen molar-refractivity contribution in [3.05, 3.63) is 29.3 Å². The highest BCUT2D eigenvalue weighted by atomic mass is 16.3. The van der Waals surface area contributed by atoms with Crippen LogP contribution < -0.4 is 10.6 Å². The third-order valence-corrected chi connectivity index (χ3v) is 5.22. The predicted octanol–water partition coefficient (Wildman–Crippen LogP) is 2.53. The van der Waals surface area contributed by atoms with E-state index in [0.717, 1.165) is 50.9 Å². The molecule has 1 atom stereocenters. The number of carbonyl (C=O) groups excluding carboxylic acids is 1. The molecule has 1 unspecified atom stereocenters. The molecule has 1 aromatic carbocycles. The summed E-state index contributed by atoms with van der Waals surface area (Å²) in [6, 6.07) is 6.45. The second-order valence-electron chi connectivity index (χ2n) is 6.94. The van der Waals surface area contributed by atoms with Gasteiger partial charge in [0.25, 0.3) is 0 Å². The number of aryl methyl sites for hydroxylation is 2. The predicted molar refractivity (Wildman–Crippen MR) is 96.4 cm³/mol. The Bertz CT molecular complexity index is 562. The summed E-state index contributed by atoms with van der Waals surface area (Å²) in [5.41, 5.74) is 3.68. The van der Waals surface area contributed by atoms with E-state index in [1.165, 1.54) is 24.0 Å².